The minimum absolute atomic E-state index is 0.0309. The number of nitrogens with zero attached hydrogens (tertiary/aromatic N) is 1. The number of carbonyl (C=O) groups excluding carboxylic acids is 1. The molecule has 0 aliphatic carbocycles. The zero-order valence-corrected chi connectivity index (χ0v) is 14.2. The molecule has 1 atom stereocenters. The van der Waals surface area contributed by atoms with Crippen LogP contribution in [0.4, 0.5) is 5.69 Å². The fourth-order valence-corrected chi connectivity index (χ4v) is 2.79. The average Bonchev–Trinajstić information content (AvgIpc) is 3.10. The number of halogens is 1. The smallest absolute Gasteiger partial charge is 0.226 e. The van der Waals surface area contributed by atoms with Crippen LogP contribution in [-0.2, 0) is 4.79 Å². The molecule has 2 aromatic carbocycles. The van der Waals surface area contributed by atoms with Gasteiger partial charge in [0.25, 0.3) is 0 Å². The van der Waals surface area contributed by atoms with Crippen molar-refractivity contribution in [3.05, 3.63) is 89.2 Å². The number of aryl methyl sites for hydroxylation is 1. The average molecular weight is 339 g/mol. The van der Waals surface area contributed by atoms with E-state index in [1.54, 1.807) is 24.3 Å². The van der Waals surface area contributed by atoms with Crippen LogP contribution in [0.5, 0.6) is 0 Å². The van der Waals surface area contributed by atoms with Gasteiger partial charge in [0.05, 0.1) is 12.5 Å². The van der Waals surface area contributed by atoms with Gasteiger partial charge in [-0.25, -0.2) is 0 Å². The van der Waals surface area contributed by atoms with Crippen LogP contribution in [0.3, 0.4) is 0 Å². The van der Waals surface area contributed by atoms with Gasteiger partial charge in [-0.2, -0.15) is 0 Å². The molecule has 1 amide bonds. The van der Waals surface area contributed by atoms with Gasteiger partial charge in [-0.05, 0) is 48.9 Å². The summed E-state index contributed by atoms with van der Waals surface area (Å²) in [6.07, 6.45) is 4.33. The lowest BCUT2D eigenvalue weighted by Crippen LogP contribution is -2.19. The molecular weight excluding hydrogens is 320 g/mol. The number of aromatic nitrogens is 1. The van der Waals surface area contributed by atoms with Crippen molar-refractivity contribution in [2.45, 2.75) is 19.4 Å². The first kappa shape index (κ1) is 16.3. The van der Waals surface area contributed by atoms with Gasteiger partial charge in [0.2, 0.25) is 5.91 Å². The molecule has 0 fully saturated rings. The number of benzene rings is 2. The zero-order chi connectivity index (χ0) is 16.9. The predicted octanol–water partition coefficient (Wildman–Crippen LogP) is 5.07. The summed E-state index contributed by atoms with van der Waals surface area (Å²) in [5.74, 6) is -0.0309. The van der Waals surface area contributed by atoms with Gasteiger partial charge >= 0.3 is 0 Å². The van der Waals surface area contributed by atoms with Crippen LogP contribution in [0.2, 0.25) is 5.02 Å². The largest absolute Gasteiger partial charge is 0.346 e. The van der Waals surface area contributed by atoms with Crippen LogP contribution in [0.15, 0.2) is 73.1 Å². The highest BCUT2D eigenvalue weighted by molar-refractivity contribution is 6.30. The highest BCUT2D eigenvalue weighted by atomic mass is 35.5. The molecule has 0 aliphatic heterocycles. The van der Waals surface area contributed by atoms with E-state index in [9.17, 15) is 4.79 Å². The van der Waals surface area contributed by atoms with E-state index in [0.717, 1.165) is 11.3 Å². The van der Waals surface area contributed by atoms with E-state index in [-0.39, 0.29) is 11.9 Å². The maximum atomic E-state index is 12.5. The van der Waals surface area contributed by atoms with E-state index in [1.807, 2.05) is 24.5 Å². The minimum atomic E-state index is -0.0344. The number of nitrogens with one attached hydrogen (secondary N) is 1. The molecule has 0 unspecified atom stereocenters. The van der Waals surface area contributed by atoms with Crippen LogP contribution >= 0.6 is 11.6 Å². The Bertz CT molecular complexity index is 793. The molecule has 0 radical (unpaired) electrons. The molecule has 0 bridgehead atoms. The minimum Gasteiger partial charge on any atom is -0.346 e. The van der Waals surface area contributed by atoms with Crippen molar-refractivity contribution in [3.8, 4) is 0 Å². The van der Waals surface area contributed by atoms with Gasteiger partial charge in [0, 0.05) is 23.1 Å². The molecule has 1 heterocycles. The van der Waals surface area contributed by atoms with Crippen molar-refractivity contribution in [2.24, 2.45) is 0 Å². The maximum Gasteiger partial charge on any atom is 0.226 e. The summed E-state index contributed by atoms with van der Waals surface area (Å²) in [4.78, 5) is 12.5. The van der Waals surface area contributed by atoms with Crippen molar-refractivity contribution < 1.29 is 4.79 Å². The van der Waals surface area contributed by atoms with E-state index in [4.69, 9.17) is 11.6 Å². The molecule has 1 aromatic heterocycles. The third-order valence-electron chi connectivity index (χ3n) is 3.96. The Morgan fingerprint density at radius 1 is 1.04 bits per heavy atom. The summed E-state index contributed by atoms with van der Waals surface area (Å²) >= 11 is 5.88. The van der Waals surface area contributed by atoms with E-state index < -0.39 is 0 Å². The van der Waals surface area contributed by atoms with Crippen molar-refractivity contribution in [1.29, 1.82) is 0 Å². The fourth-order valence-electron chi connectivity index (χ4n) is 2.66. The number of rotatable bonds is 5. The normalized spacial score (nSPS) is 11.9. The second-order valence-corrected chi connectivity index (χ2v) is 6.25. The molecule has 1 N–H and O–H groups in total. The molecule has 0 aliphatic rings. The van der Waals surface area contributed by atoms with E-state index >= 15 is 0 Å². The van der Waals surface area contributed by atoms with Crippen LogP contribution in [-0.4, -0.2) is 10.5 Å². The van der Waals surface area contributed by atoms with Gasteiger partial charge in [-0.1, -0.05) is 41.4 Å². The highest BCUT2D eigenvalue weighted by Crippen LogP contribution is 2.24. The lowest BCUT2D eigenvalue weighted by Gasteiger charge is -2.19. The maximum absolute atomic E-state index is 12.5. The number of amides is 1. The van der Waals surface area contributed by atoms with Crippen molar-refractivity contribution in [1.82, 2.24) is 4.57 Å². The van der Waals surface area contributed by atoms with E-state index in [0.29, 0.717) is 11.4 Å². The summed E-state index contributed by atoms with van der Waals surface area (Å²) in [6, 6.07) is 19.3. The summed E-state index contributed by atoms with van der Waals surface area (Å²) in [5.41, 5.74) is 3.07. The molecule has 4 heteroatoms. The fraction of sp³-hybridized carbons (Fsp3) is 0.150. The molecule has 3 rings (SSSR count). The number of anilines is 1. The lowest BCUT2D eigenvalue weighted by atomic mass is 10.0. The summed E-state index contributed by atoms with van der Waals surface area (Å²) < 4.78 is 2.06. The van der Waals surface area contributed by atoms with Crippen molar-refractivity contribution in [2.75, 3.05) is 5.32 Å². The Kier molecular flexibility index (Phi) is 5.02. The van der Waals surface area contributed by atoms with Crippen molar-refractivity contribution in [3.63, 3.8) is 0 Å². The Hall–Kier alpha value is -2.52. The Labute approximate surface area is 146 Å². The van der Waals surface area contributed by atoms with Crippen LogP contribution in [0.1, 0.15) is 23.6 Å². The molecule has 3 aromatic rings. The van der Waals surface area contributed by atoms with Crippen molar-refractivity contribution >= 4 is 23.2 Å². The molecule has 3 nitrogen and oxygen atoms in total. The monoisotopic (exact) mass is 338 g/mol. The summed E-state index contributed by atoms with van der Waals surface area (Å²) in [5, 5.41) is 3.58. The molecule has 24 heavy (non-hydrogen) atoms. The quantitative estimate of drug-likeness (QED) is 0.692. The molecule has 122 valence electrons. The first-order valence-corrected chi connectivity index (χ1v) is 8.24. The topological polar surface area (TPSA) is 34.0 Å². The highest BCUT2D eigenvalue weighted by Gasteiger charge is 2.17. The summed E-state index contributed by atoms with van der Waals surface area (Å²) in [6.45, 7) is 2.06. The van der Waals surface area contributed by atoms with Gasteiger partial charge < -0.3 is 9.88 Å². The third-order valence-corrected chi connectivity index (χ3v) is 4.21. The number of carbonyl (C=O) groups is 1. The summed E-state index contributed by atoms with van der Waals surface area (Å²) in [7, 11) is 0. The Balaban J connectivity index is 1.77. The number of hydrogen-bond donors (Lipinski definition) is 1. The second kappa shape index (κ2) is 7.37. The van der Waals surface area contributed by atoms with Gasteiger partial charge in [-0.3, -0.25) is 4.79 Å². The lowest BCUT2D eigenvalue weighted by molar-refractivity contribution is -0.116. The number of hydrogen-bond acceptors (Lipinski definition) is 1. The Morgan fingerprint density at radius 3 is 2.29 bits per heavy atom. The standard InChI is InChI=1S/C20H19ClN2O/c1-15-4-6-16(7-5-15)19(23-12-2-3-13-23)14-20(24)22-18-10-8-17(21)9-11-18/h2-13,19H,14H2,1H3,(H,22,24)/t19-/m1/s1. The van der Waals surface area contributed by atoms with Gasteiger partial charge in [0.1, 0.15) is 0 Å². The van der Waals surface area contributed by atoms with Gasteiger partial charge in [0.15, 0.2) is 0 Å². The molecular formula is C20H19ClN2O. The SMILES string of the molecule is Cc1ccc([C@@H](CC(=O)Nc2ccc(Cl)cc2)n2cccc2)cc1. The van der Waals surface area contributed by atoms with Crippen LogP contribution in [0, 0.1) is 6.92 Å². The van der Waals surface area contributed by atoms with E-state index in [2.05, 4.69) is 41.1 Å². The first-order valence-electron chi connectivity index (χ1n) is 7.86. The van der Waals surface area contributed by atoms with Gasteiger partial charge in [-0.15, -0.1) is 0 Å². The zero-order valence-electron chi connectivity index (χ0n) is 13.4. The molecule has 0 saturated carbocycles. The predicted molar refractivity (Wildman–Crippen MR) is 98.4 cm³/mol. The molecule has 0 saturated heterocycles. The van der Waals surface area contributed by atoms with Crippen LogP contribution in [0.25, 0.3) is 0 Å². The second-order valence-electron chi connectivity index (χ2n) is 5.82. The van der Waals surface area contributed by atoms with E-state index in [1.165, 1.54) is 5.56 Å². The van der Waals surface area contributed by atoms with Crippen LogP contribution < -0.4 is 5.32 Å². The molecule has 0 spiro atoms. The first-order chi connectivity index (χ1) is 11.6. The Morgan fingerprint density at radius 2 is 1.67 bits per heavy atom. The third kappa shape index (κ3) is 4.06.